The van der Waals surface area contributed by atoms with Crippen molar-refractivity contribution in [1.29, 1.82) is 0 Å². The van der Waals surface area contributed by atoms with Gasteiger partial charge >= 0.3 is 6.09 Å². The Labute approximate surface area is 161 Å². The Morgan fingerprint density at radius 2 is 2.00 bits per heavy atom. The fourth-order valence-electron chi connectivity index (χ4n) is 3.55. The number of ether oxygens (including phenoxy) is 2. The van der Waals surface area contributed by atoms with Crippen molar-refractivity contribution in [3.63, 3.8) is 0 Å². The van der Waals surface area contributed by atoms with Gasteiger partial charge in [0.2, 0.25) is 0 Å². The molecule has 3 rings (SSSR count). The number of benzene rings is 2. The molecule has 2 aromatic rings. The van der Waals surface area contributed by atoms with Gasteiger partial charge in [-0.15, -0.1) is 0 Å². The van der Waals surface area contributed by atoms with Crippen LogP contribution in [0.1, 0.15) is 43.9 Å². The van der Waals surface area contributed by atoms with Crippen molar-refractivity contribution >= 4 is 11.8 Å². The number of amides is 1. The molecule has 1 amide bonds. The first-order valence-corrected chi connectivity index (χ1v) is 9.47. The summed E-state index contributed by atoms with van der Waals surface area (Å²) in [5.74, 6) is 1.36. The Morgan fingerprint density at radius 3 is 2.70 bits per heavy atom. The molecule has 0 saturated heterocycles. The predicted octanol–water partition coefficient (Wildman–Crippen LogP) is 4.89. The topological polar surface area (TPSA) is 59.6 Å². The van der Waals surface area contributed by atoms with Crippen LogP contribution in [0.4, 0.5) is 10.5 Å². The molecule has 0 unspecified atom stereocenters. The highest BCUT2D eigenvalue weighted by atomic mass is 16.5. The molecule has 27 heavy (non-hydrogen) atoms. The molecule has 0 aliphatic carbocycles. The summed E-state index contributed by atoms with van der Waals surface area (Å²) < 4.78 is 10.8. The molecule has 1 heterocycles. The smallest absolute Gasteiger partial charge is 0.407 e. The van der Waals surface area contributed by atoms with Crippen LogP contribution in [-0.4, -0.2) is 19.2 Å². The molecular formula is C22H28N2O3. The van der Waals surface area contributed by atoms with Crippen LogP contribution in [0.2, 0.25) is 0 Å². The quantitative estimate of drug-likeness (QED) is 0.762. The molecule has 0 radical (unpaired) electrons. The number of fused-ring (bicyclic) bond motifs is 1. The zero-order valence-electron chi connectivity index (χ0n) is 16.2. The molecule has 0 saturated carbocycles. The lowest BCUT2D eigenvalue weighted by atomic mass is 9.89. The molecule has 0 fully saturated rings. The van der Waals surface area contributed by atoms with E-state index in [2.05, 4.69) is 24.5 Å². The van der Waals surface area contributed by atoms with Crippen LogP contribution < -0.4 is 15.4 Å². The van der Waals surface area contributed by atoms with Crippen LogP contribution in [-0.2, 0) is 11.3 Å². The van der Waals surface area contributed by atoms with E-state index in [4.69, 9.17) is 9.47 Å². The summed E-state index contributed by atoms with van der Waals surface area (Å²) >= 11 is 0. The second-order valence-corrected chi connectivity index (χ2v) is 7.42. The molecule has 1 aliphatic heterocycles. The molecule has 0 spiro atoms. The van der Waals surface area contributed by atoms with Crippen molar-refractivity contribution in [2.75, 3.05) is 12.4 Å². The van der Waals surface area contributed by atoms with E-state index in [9.17, 15) is 4.79 Å². The van der Waals surface area contributed by atoms with Crippen molar-refractivity contribution in [2.45, 2.75) is 45.4 Å². The zero-order chi connectivity index (χ0) is 19.2. The maximum atomic E-state index is 12.4. The van der Waals surface area contributed by atoms with Crippen LogP contribution in [0.3, 0.4) is 0 Å². The summed E-state index contributed by atoms with van der Waals surface area (Å²) in [5, 5.41) is 6.64. The normalized spacial score (nSPS) is 18.4. The van der Waals surface area contributed by atoms with Gasteiger partial charge in [0.25, 0.3) is 0 Å². The molecule has 144 valence electrons. The maximum absolute atomic E-state index is 12.4. The second-order valence-electron chi connectivity index (χ2n) is 7.42. The van der Waals surface area contributed by atoms with Crippen molar-refractivity contribution < 1.29 is 14.3 Å². The third kappa shape index (κ3) is 5.16. The Kier molecular flexibility index (Phi) is 6.22. The number of methoxy groups -OCH3 is 1. The van der Waals surface area contributed by atoms with E-state index < -0.39 is 6.09 Å². The third-order valence-corrected chi connectivity index (χ3v) is 4.77. The van der Waals surface area contributed by atoms with E-state index in [0.717, 1.165) is 35.4 Å². The van der Waals surface area contributed by atoms with E-state index in [1.54, 1.807) is 7.11 Å². The number of anilines is 1. The monoisotopic (exact) mass is 368 g/mol. The first kappa shape index (κ1) is 19.1. The molecular weight excluding hydrogens is 340 g/mol. The molecule has 5 nitrogen and oxygen atoms in total. The number of hydrogen-bond acceptors (Lipinski definition) is 4. The van der Waals surface area contributed by atoms with Crippen molar-refractivity contribution in [2.24, 2.45) is 5.92 Å². The number of hydrogen-bond donors (Lipinski definition) is 2. The van der Waals surface area contributed by atoms with Gasteiger partial charge < -0.3 is 20.1 Å². The lowest BCUT2D eigenvalue weighted by Gasteiger charge is -2.34. The van der Waals surface area contributed by atoms with Crippen molar-refractivity contribution in [3.8, 4) is 5.75 Å². The summed E-state index contributed by atoms with van der Waals surface area (Å²) in [4.78, 5) is 12.4. The minimum atomic E-state index is -0.400. The minimum Gasteiger partial charge on any atom is -0.497 e. The van der Waals surface area contributed by atoms with Crippen LogP contribution in [0.5, 0.6) is 5.75 Å². The number of rotatable bonds is 6. The fourth-order valence-corrected chi connectivity index (χ4v) is 3.55. The lowest BCUT2D eigenvalue weighted by molar-refractivity contribution is 0.134. The van der Waals surface area contributed by atoms with Gasteiger partial charge in [-0.2, -0.15) is 0 Å². The number of carbonyl (C=O) groups excluding carboxylic acids is 1. The fraction of sp³-hybridized carbons (Fsp3) is 0.409. The predicted molar refractivity (Wildman–Crippen MR) is 107 cm³/mol. The Bertz CT molecular complexity index is 761. The van der Waals surface area contributed by atoms with Gasteiger partial charge in [-0.05, 0) is 42.5 Å². The second kappa shape index (κ2) is 8.80. The number of alkyl carbamates (subject to hydrolysis) is 1. The Balaban J connectivity index is 1.70. The zero-order valence-corrected chi connectivity index (χ0v) is 16.2. The van der Waals surface area contributed by atoms with Crippen molar-refractivity contribution in [1.82, 2.24) is 5.32 Å². The van der Waals surface area contributed by atoms with E-state index in [1.165, 1.54) is 0 Å². The first-order chi connectivity index (χ1) is 13.0. The molecule has 5 heteroatoms. The molecule has 0 bridgehead atoms. The minimum absolute atomic E-state index is 0.108. The van der Waals surface area contributed by atoms with E-state index >= 15 is 0 Å². The summed E-state index contributed by atoms with van der Waals surface area (Å²) in [6, 6.07) is 15.8. The van der Waals surface area contributed by atoms with Crippen LogP contribution >= 0.6 is 0 Å². The number of carbonyl (C=O) groups is 1. The van der Waals surface area contributed by atoms with E-state index in [-0.39, 0.29) is 12.6 Å². The summed E-state index contributed by atoms with van der Waals surface area (Å²) in [6.07, 6.45) is 1.46. The Morgan fingerprint density at radius 1 is 1.22 bits per heavy atom. The average Bonchev–Trinajstić information content (AvgIpc) is 2.66. The van der Waals surface area contributed by atoms with Gasteiger partial charge in [0.15, 0.2) is 0 Å². The third-order valence-electron chi connectivity index (χ3n) is 4.77. The molecule has 1 aliphatic rings. The molecule has 2 aromatic carbocycles. The lowest BCUT2D eigenvalue weighted by Crippen LogP contribution is -2.38. The van der Waals surface area contributed by atoms with Crippen LogP contribution in [0, 0.1) is 5.92 Å². The highest BCUT2D eigenvalue weighted by Crippen LogP contribution is 2.36. The standard InChI is InChI=1S/C22H28N2O3/c1-15(2)11-17-12-21(19-13-18(26-3)9-10-20(19)23-17)24-22(25)27-14-16-7-5-4-6-8-16/h4-10,13,15,17,21,23H,11-12,14H2,1-3H3,(H,24,25)/t17-,21+/m1/s1. The summed E-state index contributed by atoms with van der Waals surface area (Å²) in [6.45, 7) is 4.68. The molecule has 2 atom stereocenters. The van der Waals surface area contributed by atoms with Crippen molar-refractivity contribution in [3.05, 3.63) is 59.7 Å². The summed E-state index contributed by atoms with van der Waals surface area (Å²) in [5.41, 5.74) is 3.05. The van der Waals surface area contributed by atoms with Gasteiger partial charge in [-0.3, -0.25) is 0 Å². The van der Waals surface area contributed by atoms with Gasteiger partial charge in [0.05, 0.1) is 13.2 Å². The largest absolute Gasteiger partial charge is 0.497 e. The Hall–Kier alpha value is -2.69. The average molecular weight is 368 g/mol. The van der Waals surface area contributed by atoms with Gasteiger partial charge in [-0.1, -0.05) is 44.2 Å². The van der Waals surface area contributed by atoms with Gasteiger partial charge in [-0.25, -0.2) is 4.79 Å². The van der Waals surface area contributed by atoms with E-state index in [0.29, 0.717) is 12.0 Å². The van der Waals surface area contributed by atoms with Crippen LogP contribution in [0.25, 0.3) is 0 Å². The van der Waals surface area contributed by atoms with Crippen LogP contribution in [0.15, 0.2) is 48.5 Å². The highest BCUT2D eigenvalue weighted by molar-refractivity contribution is 5.69. The van der Waals surface area contributed by atoms with Gasteiger partial charge in [0.1, 0.15) is 12.4 Å². The maximum Gasteiger partial charge on any atom is 0.407 e. The molecule has 2 N–H and O–H groups in total. The summed E-state index contributed by atoms with van der Waals surface area (Å²) in [7, 11) is 1.65. The SMILES string of the molecule is COc1ccc2c(c1)[C@@H](NC(=O)OCc1ccccc1)C[C@@H](CC(C)C)N2. The number of nitrogens with one attached hydrogen (secondary N) is 2. The van der Waals surface area contributed by atoms with Gasteiger partial charge in [0, 0.05) is 17.3 Å². The first-order valence-electron chi connectivity index (χ1n) is 9.47. The molecule has 0 aromatic heterocycles. The highest BCUT2D eigenvalue weighted by Gasteiger charge is 2.29. The van der Waals surface area contributed by atoms with E-state index in [1.807, 2.05) is 48.5 Å².